The molecule has 5 heteroatoms. The summed E-state index contributed by atoms with van der Waals surface area (Å²) >= 11 is 0. The van der Waals surface area contributed by atoms with Gasteiger partial charge in [-0.05, 0) is 23.3 Å². The zero-order valence-electron chi connectivity index (χ0n) is 10.6. The van der Waals surface area contributed by atoms with E-state index in [2.05, 4.69) is 4.98 Å². The van der Waals surface area contributed by atoms with Gasteiger partial charge in [-0.2, -0.15) is 0 Å². The molecule has 0 saturated heterocycles. The maximum atomic E-state index is 12.3. The molecule has 0 atom stereocenters. The number of nitrogens with zero attached hydrogens (tertiary/aromatic N) is 2. The van der Waals surface area contributed by atoms with Crippen LogP contribution in [0.5, 0.6) is 0 Å². The fraction of sp³-hybridized carbons (Fsp3) is 0.133. The van der Waals surface area contributed by atoms with Gasteiger partial charge in [-0.15, -0.1) is 0 Å². The lowest BCUT2D eigenvalue weighted by Crippen LogP contribution is -2.25. The highest BCUT2D eigenvalue weighted by Crippen LogP contribution is 2.23. The molecular weight excluding hydrogens is 256 g/mol. The molecule has 1 aromatic carbocycles. The fourth-order valence-corrected chi connectivity index (χ4v) is 2.31. The average Bonchev–Trinajstić information content (AvgIpc) is 2.90. The van der Waals surface area contributed by atoms with Crippen LogP contribution < -0.4 is 0 Å². The lowest BCUT2D eigenvalue weighted by Gasteiger charge is -2.15. The quantitative estimate of drug-likeness (QED) is 0.903. The lowest BCUT2D eigenvalue weighted by atomic mass is 10.1. The van der Waals surface area contributed by atoms with Gasteiger partial charge >= 0.3 is 5.97 Å². The highest BCUT2D eigenvalue weighted by atomic mass is 16.4. The molecule has 0 spiro atoms. The number of pyridine rings is 1. The summed E-state index contributed by atoms with van der Waals surface area (Å²) in [5.41, 5.74) is 2.64. The van der Waals surface area contributed by atoms with Crippen molar-refractivity contribution in [2.45, 2.75) is 13.1 Å². The second-order valence-corrected chi connectivity index (χ2v) is 4.67. The zero-order valence-corrected chi connectivity index (χ0v) is 10.6. The summed E-state index contributed by atoms with van der Waals surface area (Å²) in [5, 5.41) is 8.79. The molecule has 5 nitrogen and oxygen atoms in total. The minimum absolute atomic E-state index is 0.0636. The number of hydrogen-bond donors (Lipinski definition) is 1. The maximum absolute atomic E-state index is 12.3. The molecule has 100 valence electrons. The molecule has 0 fully saturated rings. The minimum atomic E-state index is -1.10. The number of amides is 1. The van der Waals surface area contributed by atoms with E-state index < -0.39 is 5.97 Å². The number of carbonyl (C=O) groups is 2. The van der Waals surface area contributed by atoms with Crippen LogP contribution in [0.4, 0.5) is 0 Å². The Morgan fingerprint density at radius 2 is 1.70 bits per heavy atom. The molecule has 1 aromatic heterocycles. The number of fused-ring (bicyclic) bond motifs is 1. The highest BCUT2D eigenvalue weighted by molar-refractivity contribution is 5.95. The van der Waals surface area contributed by atoms with Crippen LogP contribution in [0.1, 0.15) is 32.0 Å². The number of carboxylic acids is 1. The maximum Gasteiger partial charge on any atom is 0.354 e. The molecule has 2 heterocycles. The van der Waals surface area contributed by atoms with Gasteiger partial charge in [-0.1, -0.05) is 24.3 Å². The van der Waals surface area contributed by atoms with Gasteiger partial charge in [0.1, 0.15) is 5.69 Å². The normalized spacial score (nSPS) is 13.1. The number of rotatable bonds is 2. The molecule has 1 aliphatic heterocycles. The van der Waals surface area contributed by atoms with Crippen LogP contribution in [0.15, 0.2) is 42.6 Å². The predicted octanol–water partition coefficient (Wildman–Crippen LogP) is 1.94. The van der Waals surface area contributed by atoms with Gasteiger partial charge in [-0.25, -0.2) is 9.78 Å². The third-order valence-corrected chi connectivity index (χ3v) is 3.36. The van der Waals surface area contributed by atoms with E-state index in [1.807, 2.05) is 24.3 Å². The van der Waals surface area contributed by atoms with Crippen molar-refractivity contribution >= 4 is 11.9 Å². The van der Waals surface area contributed by atoms with E-state index in [0.717, 1.165) is 11.1 Å². The van der Waals surface area contributed by atoms with Crippen molar-refractivity contribution in [3.63, 3.8) is 0 Å². The van der Waals surface area contributed by atoms with Crippen molar-refractivity contribution in [3.8, 4) is 0 Å². The Bertz CT molecular complexity index is 655. The molecule has 0 aliphatic carbocycles. The van der Waals surface area contributed by atoms with Gasteiger partial charge in [0.05, 0.1) is 5.56 Å². The van der Waals surface area contributed by atoms with Gasteiger partial charge < -0.3 is 10.0 Å². The molecular formula is C15H12N2O3. The molecule has 2 aromatic rings. The Labute approximate surface area is 115 Å². The Kier molecular flexibility index (Phi) is 2.95. The summed E-state index contributed by atoms with van der Waals surface area (Å²) in [6.45, 7) is 1.16. The lowest BCUT2D eigenvalue weighted by molar-refractivity contribution is 0.0687. The van der Waals surface area contributed by atoms with Gasteiger partial charge in [0.25, 0.3) is 5.91 Å². The molecule has 0 unspecified atom stereocenters. The Morgan fingerprint density at radius 1 is 1.05 bits per heavy atom. The standard InChI is InChI=1S/C15H12N2O3/c18-14(10-5-6-13(15(19)20)16-7-10)17-8-11-3-1-2-4-12(11)9-17/h1-7H,8-9H2,(H,19,20). The van der Waals surface area contributed by atoms with Crippen LogP contribution in [-0.2, 0) is 13.1 Å². The smallest absolute Gasteiger partial charge is 0.354 e. The number of carbonyl (C=O) groups excluding carboxylic acids is 1. The second-order valence-electron chi connectivity index (χ2n) is 4.67. The summed E-state index contributed by atoms with van der Waals surface area (Å²) in [4.78, 5) is 28.6. The molecule has 0 radical (unpaired) electrons. The molecule has 20 heavy (non-hydrogen) atoms. The number of carboxylic acid groups (broad SMARTS) is 1. The molecule has 0 saturated carbocycles. The minimum Gasteiger partial charge on any atom is -0.477 e. The summed E-state index contributed by atoms with van der Waals surface area (Å²) in [6.07, 6.45) is 1.31. The fourth-order valence-electron chi connectivity index (χ4n) is 2.31. The Balaban J connectivity index is 1.79. The topological polar surface area (TPSA) is 70.5 Å². The van der Waals surface area contributed by atoms with Gasteiger partial charge in [0, 0.05) is 19.3 Å². The molecule has 1 amide bonds. The van der Waals surface area contributed by atoms with E-state index in [9.17, 15) is 9.59 Å². The predicted molar refractivity (Wildman–Crippen MR) is 71.2 cm³/mol. The Hall–Kier alpha value is -2.69. The number of benzene rings is 1. The van der Waals surface area contributed by atoms with E-state index >= 15 is 0 Å². The van der Waals surface area contributed by atoms with Crippen molar-refractivity contribution < 1.29 is 14.7 Å². The first-order chi connectivity index (χ1) is 9.65. The summed E-state index contributed by atoms with van der Waals surface area (Å²) in [6, 6.07) is 10.8. The van der Waals surface area contributed by atoms with Crippen LogP contribution in [0.25, 0.3) is 0 Å². The SMILES string of the molecule is O=C(O)c1ccc(C(=O)N2Cc3ccccc3C2)cn1. The first-order valence-corrected chi connectivity index (χ1v) is 6.20. The monoisotopic (exact) mass is 268 g/mol. The average molecular weight is 268 g/mol. The molecule has 1 aliphatic rings. The zero-order chi connectivity index (χ0) is 14.1. The van der Waals surface area contributed by atoms with Crippen LogP contribution in [-0.4, -0.2) is 26.9 Å². The van der Waals surface area contributed by atoms with Crippen LogP contribution in [0.2, 0.25) is 0 Å². The Morgan fingerprint density at radius 3 is 2.20 bits per heavy atom. The largest absolute Gasteiger partial charge is 0.477 e. The summed E-state index contributed by atoms with van der Waals surface area (Å²) < 4.78 is 0. The van der Waals surface area contributed by atoms with Crippen molar-refractivity contribution in [3.05, 3.63) is 65.0 Å². The summed E-state index contributed by atoms with van der Waals surface area (Å²) in [5.74, 6) is -1.23. The number of aromatic nitrogens is 1. The first-order valence-electron chi connectivity index (χ1n) is 6.20. The van der Waals surface area contributed by atoms with Gasteiger partial charge in [-0.3, -0.25) is 4.79 Å². The molecule has 1 N–H and O–H groups in total. The van der Waals surface area contributed by atoms with E-state index in [0.29, 0.717) is 18.7 Å². The van der Waals surface area contributed by atoms with Gasteiger partial charge in [0.2, 0.25) is 0 Å². The van der Waals surface area contributed by atoms with E-state index in [4.69, 9.17) is 5.11 Å². The van der Waals surface area contributed by atoms with Crippen molar-refractivity contribution in [2.75, 3.05) is 0 Å². The first kappa shape index (κ1) is 12.3. The van der Waals surface area contributed by atoms with Crippen LogP contribution >= 0.6 is 0 Å². The second kappa shape index (κ2) is 4.77. The summed E-state index contributed by atoms with van der Waals surface area (Å²) in [7, 11) is 0. The number of aromatic carboxylic acids is 1. The van der Waals surface area contributed by atoms with Crippen molar-refractivity contribution in [1.29, 1.82) is 0 Å². The highest BCUT2D eigenvalue weighted by Gasteiger charge is 2.24. The third-order valence-electron chi connectivity index (χ3n) is 3.36. The third kappa shape index (κ3) is 2.14. The molecule has 3 rings (SSSR count). The van der Waals surface area contributed by atoms with Crippen molar-refractivity contribution in [2.24, 2.45) is 0 Å². The van der Waals surface area contributed by atoms with Crippen LogP contribution in [0, 0.1) is 0 Å². The van der Waals surface area contributed by atoms with Crippen molar-refractivity contribution in [1.82, 2.24) is 9.88 Å². The van der Waals surface area contributed by atoms with E-state index in [1.54, 1.807) is 4.90 Å². The van der Waals surface area contributed by atoms with Crippen LogP contribution in [0.3, 0.4) is 0 Å². The van der Waals surface area contributed by atoms with E-state index in [1.165, 1.54) is 18.3 Å². The molecule has 0 bridgehead atoms. The van der Waals surface area contributed by atoms with Gasteiger partial charge in [0.15, 0.2) is 0 Å². The van der Waals surface area contributed by atoms with E-state index in [-0.39, 0.29) is 11.6 Å². The number of hydrogen-bond acceptors (Lipinski definition) is 3.